The van der Waals surface area contributed by atoms with Crippen molar-refractivity contribution in [2.45, 2.75) is 59.0 Å². The van der Waals surface area contributed by atoms with Crippen molar-refractivity contribution in [1.29, 1.82) is 0 Å². The molecular weight excluding hydrogens is 160 g/mol. The van der Waals surface area contributed by atoms with Gasteiger partial charge in [0.1, 0.15) is 0 Å². The van der Waals surface area contributed by atoms with Gasteiger partial charge in [0.25, 0.3) is 0 Å². The van der Waals surface area contributed by atoms with Crippen molar-refractivity contribution in [2.24, 2.45) is 5.73 Å². The molecule has 1 unspecified atom stereocenters. The molecule has 80 valence electrons. The molecule has 0 radical (unpaired) electrons. The molecule has 0 spiro atoms. The molecule has 0 aromatic carbocycles. The van der Waals surface area contributed by atoms with E-state index in [1.807, 2.05) is 0 Å². The minimum Gasteiger partial charge on any atom is -0.316 e. The summed E-state index contributed by atoms with van der Waals surface area (Å²) >= 11 is 0. The summed E-state index contributed by atoms with van der Waals surface area (Å²) in [6.45, 7) is 8.74. The second kappa shape index (κ2) is 8.52. The minimum absolute atomic E-state index is 0.284. The fourth-order valence-corrected chi connectivity index (χ4v) is 1.66. The molecule has 0 aromatic heterocycles. The number of unbranched alkanes of at least 4 members (excludes halogenated alkanes) is 3. The van der Waals surface area contributed by atoms with E-state index in [2.05, 4.69) is 25.7 Å². The average Bonchev–Trinajstić information content (AvgIpc) is 2.14. The normalized spacial score (nSPS) is 13.6. The SMILES string of the molecule is CCCCCCC(N)N(CC)CC. The number of nitrogens with zero attached hydrogens (tertiary/aromatic N) is 1. The molecule has 0 saturated carbocycles. The Morgan fingerprint density at radius 2 is 1.62 bits per heavy atom. The van der Waals surface area contributed by atoms with E-state index in [4.69, 9.17) is 5.73 Å². The van der Waals surface area contributed by atoms with Crippen molar-refractivity contribution < 1.29 is 0 Å². The molecule has 0 heterocycles. The molecule has 2 N–H and O–H groups in total. The summed E-state index contributed by atoms with van der Waals surface area (Å²) in [7, 11) is 0. The van der Waals surface area contributed by atoms with Crippen LogP contribution >= 0.6 is 0 Å². The Hall–Kier alpha value is -0.0800. The number of hydrogen-bond donors (Lipinski definition) is 1. The van der Waals surface area contributed by atoms with Crippen LogP contribution in [0.2, 0.25) is 0 Å². The van der Waals surface area contributed by atoms with Gasteiger partial charge in [0.05, 0.1) is 6.17 Å². The van der Waals surface area contributed by atoms with Crippen LogP contribution in [-0.2, 0) is 0 Å². The fraction of sp³-hybridized carbons (Fsp3) is 1.00. The van der Waals surface area contributed by atoms with Gasteiger partial charge in [-0.05, 0) is 19.5 Å². The van der Waals surface area contributed by atoms with E-state index in [1.54, 1.807) is 0 Å². The van der Waals surface area contributed by atoms with Crippen LogP contribution in [0.4, 0.5) is 0 Å². The van der Waals surface area contributed by atoms with Crippen LogP contribution in [0.1, 0.15) is 52.9 Å². The first kappa shape index (κ1) is 12.9. The third-order valence-electron chi connectivity index (χ3n) is 2.63. The number of nitrogens with two attached hydrogens (primary N) is 1. The summed E-state index contributed by atoms with van der Waals surface area (Å²) in [5.41, 5.74) is 6.05. The molecule has 1 atom stereocenters. The summed E-state index contributed by atoms with van der Waals surface area (Å²) in [4.78, 5) is 2.33. The largest absolute Gasteiger partial charge is 0.316 e. The Morgan fingerprint density at radius 3 is 2.08 bits per heavy atom. The van der Waals surface area contributed by atoms with Crippen LogP contribution in [0.15, 0.2) is 0 Å². The Morgan fingerprint density at radius 1 is 1.00 bits per heavy atom. The Kier molecular flexibility index (Phi) is 8.46. The molecule has 0 fully saturated rings. The molecule has 0 bridgehead atoms. The van der Waals surface area contributed by atoms with Gasteiger partial charge < -0.3 is 5.73 Å². The van der Waals surface area contributed by atoms with E-state index in [9.17, 15) is 0 Å². The number of hydrogen-bond acceptors (Lipinski definition) is 2. The molecule has 0 saturated heterocycles. The first-order valence-corrected chi connectivity index (χ1v) is 5.75. The highest BCUT2D eigenvalue weighted by Gasteiger charge is 2.08. The molecule has 13 heavy (non-hydrogen) atoms. The molecule has 0 amide bonds. The lowest BCUT2D eigenvalue weighted by molar-refractivity contribution is 0.207. The molecule has 0 rings (SSSR count). The average molecular weight is 186 g/mol. The quantitative estimate of drug-likeness (QED) is 0.466. The van der Waals surface area contributed by atoms with Crippen molar-refractivity contribution in [3.8, 4) is 0 Å². The van der Waals surface area contributed by atoms with E-state index in [0.717, 1.165) is 19.5 Å². The zero-order valence-electron chi connectivity index (χ0n) is 9.55. The van der Waals surface area contributed by atoms with Gasteiger partial charge in [0.2, 0.25) is 0 Å². The van der Waals surface area contributed by atoms with E-state index in [-0.39, 0.29) is 6.17 Å². The second-order valence-electron chi connectivity index (χ2n) is 3.64. The van der Waals surface area contributed by atoms with E-state index in [0.29, 0.717) is 0 Å². The smallest absolute Gasteiger partial charge is 0.0571 e. The fourth-order valence-electron chi connectivity index (χ4n) is 1.66. The highest BCUT2D eigenvalue weighted by atomic mass is 15.2. The highest BCUT2D eigenvalue weighted by Crippen LogP contribution is 2.06. The number of rotatable bonds is 8. The lowest BCUT2D eigenvalue weighted by atomic mass is 10.1. The summed E-state index contributed by atoms with van der Waals surface area (Å²) in [6.07, 6.45) is 6.72. The maximum absolute atomic E-state index is 6.05. The standard InChI is InChI=1S/C11H26N2/c1-4-7-8-9-10-11(12)13(5-2)6-3/h11H,4-10,12H2,1-3H3. The van der Waals surface area contributed by atoms with Crippen molar-refractivity contribution in [2.75, 3.05) is 13.1 Å². The van der Waals surface area contributed by atoms with Crippen molar-refractivity contribution in [3.63, 3.8) is 0 Å². The van der Waals surface area contributed by atoms with Crippen molar-refractivity contribution in [1.82, 2.24) is 4.90 Å². The van der Waals surface area contributed by atoms with Crippen LogP contribution < -0.4 is 5.73 Å². The van der Waals surface area contributed by atoms with Crippen LogP contribution in [-0.4, -0.2) is 24.2 Å². The van der Waals surface area contributed by atoms with E-state index in [1.165, 1.54) is 25.7 Å². The van der Waals surface area contributed by atoms with E-state index < -0.39 is 0 Å². The van der Waals surface area contributed by atoms with Gasteiger partial charge in [-0.3, -0.25) is 4.90 Å². The molecule has 2 nitrogen and oxygen atoms in total. The van der Waals surface area contributed by atoms with Gasteiger partial charge in [-0.25, -0.2) is 0 Å². The molecule has 0 aromatic rings. The van der Waals surface area contributed by atoms with Crippen LogP contribution in [0.25, 0.3) is 0 Å². The third-order valence-corrected chi connectivity index (χ3v) is 2.63. The predicted molar refractivity (Wildman–Crippen MR) is 59.7 cm³/mol. The van der Waals surface area contributed by atoms with Gasteiger partial charge in [-0.1, -0.05) is 46.5 Å². The van der Waals surface area contributed by atoms with Gasteiger partial charge in [-0.15, -0.1) is 0 Å². The molecular formula is C11H26N2. The van der Waals surface area contributed by atoms with Crippen LogP contribution in [0, 0.1) is 0 Å². The summed E-state index contributed by atoms with van der Waals surface area (Å²) in [5.74, 6) is 0. The lowest BCUT2D eigenvalue weighted by Crippen LogP contribution is -2.41. The predicted octanol–water partition coefficient (Wildman–Crippen LogP) is 2.58. The van der Waals surface area contributed by atoms with Crippen molar-refractivity contribution in [3.05, 3.63) is 0 Å². The van der Waals surface area contributed by atoms with E-state index >= 15 is 0 Å². The molecule has 2 heteroatoms. The molecule has 0 aliphatic rings. The van der Waals surface area contributed by atoms with Gasteiger partial charge >= 0.3 is 0 Å². The monoisotopic (exact) mass is 186 g/mol. The molecule has 0 aliphatic carbocycles. The Labute approximate surface area is 83.5 Å². The maximum Gasteiger partial charge on any atom is 0.0571 e. The summed E-state index contributed by atoms with van der Waals surface area (Å²) < 4.78 is 0. The third kappa shape index (κ3) is 6.05. The van der Waals surface area contributed by atoms with Crippen LogP contribution in [0.5, 0.6) is 0 Å². The zero-order chi connectivity index (χ0) is 10.1. The lowest BCUT2D eigenvalue weighted by Gasteiger charge is -2.25. The topological polar surface area (TPSA) is 29.3 Å². The summed E-state index contributed by atoms with van der Waals surface area (Å²) in [6, 6.07) is 0. The highest BCUT2D eigenvalue weighted by molar-refractivity contribution is 4.62. The first-order chi connectivity index (χ1) is 6.26. The second-order valence-corrected chi connectivity index (χ2v) is 3.64. The zero-order valence-corrected chi connectivity index (χ0v) is 9.55. The van der Waals surface area contributed by atoms with Crippen LogP contribution in [0.3, 0.4) is 0 Å². The summed E-state index contributed by atoms with van der Waals surface area (Å²) in [5, 5.41) is 0. The first-order valence-electron chi connectivity index (χ1n) is 5.75. The van der Waals surface area contributed by atoms with Crippen molar-refractivity contribution >= 4 is 0 Å². The van der Waals surface area contributed by atoms with Gasteiger partial charge in [0.15, 0.2) is 0 Å². The maximum atomic E-state index is 6.05. The Bertz CT molecular complexity index is 100. The van der Waals surface area contributed by atoms with Gasteiger partial charge in [-0.2, -0.15) is 0 Å². The van der Waals surface area contributed by atoms with Gasteiger partial charge in [0, 0.05) is 0 Å². The minimum atomic E-state index is 0.284. The molecule has 0 aliphatic heterocycles. The Balaban J connectivity index is 3.42.